The van der Waals surface area contributed by atoms with Crippen LogP contribution in [0.2, 0.25) is 5.02 Å². The molecule has 0 bridgehead atoms. The molecule has 2 unspecified atom stereocenters. The summed E-state index contributed by atoms with van der Waals surface area (Å²) in [4.78, 5) is 25.3. The zero-order chi connectivity index (χ0) is 22.0. The fourth-order valence-electron chi connectivity index (χ4n) is 3.73. The van der Waals surface area contributed by atoms with Gasteiger partial charge in [0.15, 0.2) is 5.60 Å². The van der Waals surface area contributed by atoms with E-state index in [1.54, 1.807) is 37.3 Å². The Labute approximate surface area is 185 Å². The molecular weight excluding hydrogens is 412 g/mol. The van der Waals surface area contributed by atoms with E-state index in [2.05, 4.69) is 11.4 Å². The molecule has 1 aliphatic rings. The highest BCUT2D eigenvalue weighted by Gasteiger charge is 2.42. The topological polar surface area (TPSA) is 79.2 Å². The number of nitriles is 1. The van der Waals surface area contributed by atoms with Crippen LogP contribution in [-0.2, 0) is 16.0 Å². The van der Waals surface area contributed by atoms with Crippen molar-refractivity contribution in [3.05, 3.63) is 100 Å². The number of anilines is 1. The number of nitrogens with one attached hydrogen (secondary N) is 1. The Kier molecular flexibility index (Phi) is 5.50. The monoisotopic (exact) mass is 430 g/mol. The molecule has 1 N–H and O–H groups in total. The Bertz CT molecular complexity index is 1200. The van der Waals surface area contributed by atoms with E-state index in [0.717, 1.165) is 11.1 Å². The maximum atomic E-state index is 13.0. The highest BCUT2D eigenvalue weighted by molar-refractivity contribution is 6.31. The smallest absolute Gasteiger partial charge is 0.339 e. The van der Waals surface area contributed by atoms with Crippen molar-refractivity contribution in [1.82, 2.24) is 0 Å². The van der Waals surface area contributed by atoms with Crippen LogP contribution >= 0.6 is 11.6 Å². The van der Waals surface area contributed by atoms with Crippen molar-refractivity contribution in [2.75, 3.05) is 5.32 Å². The number of hydrogen-bond donors (Lipinski definition) is 1. The highest BCUT2D eigenvalue weighted by Crippen LogP contribution is 2.33. The van der Waals surface area contributed by atoms with Gasteiger partial charge in [-0.1, -0.05) is 66.2 Å². The van der Waals surface area contributed by atoms with Gasteiger partial charge in [-0.05, 0) is 41.8 Å². The number of amides is 1. The molecular formula is C25H19ClN2O3. The minimum absolute atomic E-state index is 0.275. The lowest BCUT2D eigenvalue weighted by Gasteiger charge is -2.33. The van der Waals surface area contributed by atoms with Gasteiger partial charge >= 0.3 is 5.97 Å². The first kappa shape index (κ1) is 20.6. The van der Waals surface area contributed by atoms with Gasteiger partial charge in [-0.25, -0.2) is 4.79 Å². The molecule has 3 aromatic carbocycles. The molecule has 6 heteroatoms. The Morgan fingerprint density at radius 2 is 1.84 bits per heavy atom. The second-order valence-electron chi connectivity index (χ2n) is 7.62. The Hall–Kier alpha value is -3.62. The number of carbonyl (C=O) groups excluding carboxylic acids is 2. The molecule has 0 saturated carbocycles. The van der Waals surface area contributed by atoms with Crippen molar-refractivity contribution in [2.24, 2.45) is 0 Å². The van der Waals surface area contributed by atoms with E-state index in [0.29, 0.717) is 21.8 Å². The number of fused-ring (bicyclic) bond motifs is 1. The second-order valence-corrected chi connectivity index (χ2v) is 8.02. The van der Waals surface area contributed by atoms with Crippen LogP contribution in [0.3, 0.4) is 0 Å². The molecule has 1 heterocycles. The van der Waals surface area contributed by atoms with Gasteiger partial charge in [-0.15, -0.1) is 0 Å². The third-order valence-electron chi connectivity index (χ3n) is 5.39. The van der Waals surface area contributed by atoms with Crippen LogP contribution in [0.4, 0.5) is 5.69 Å². The van der Waals surface area contributed by atoms with Crippen LogP contribution in [0.25, 0.3) is 0 Å². The van der Waals surface area contributed by atoms with Crippen molar-refractivity contribution >= 4 is 29.2 Å². The van der Waals surface area contributed by atoms with Crippen LogP contribution in [0.15, 0.2) is 72.8 Å². The summed E-state index contributed by atoms with van der Waals surface area (Å²) in [6.45, 7) is 1.59. The quantitative estimate of drug-likeness (QED) is 0.583. The van der Waals surface area contributed by atoms with Gasteiger partial charge < -0.3 is 10.1 Å². The average Bonchev–Trinajstić information content (AvgIpc) is 2.76. The molecule has 31 heavy (non-hydrogen) atoms. The zero-order valence-electron chi connectivity index (χ0n) is 16.8. The summed E-state index contributed by atoms with van der Waals surface area (Å²) in [5.74, 6) is -1.49. The van der Waals surface area contributed by atoms with E-state index in [9.17, 15) is 14.9 Å². The molecule has 0 aromatic heterocycles. The number of halogens is 1. The molecule has 0 aliphatic carbocycles. The van der Waals surface area contributed by atoms with Crippen molar-refractivity contribution in [2.45, 2.75) is 24.9 Å². The molecule has 0 fully saturated rings. The van der Waals surface area contributed by atoms with Crippen LogP contribution in [0, 0.1) is 11.3 Å². The Morgan fingerprint density at radius 3 is 2.55 bits per heavy atom. The summed E-state index contributed by atoms with van der Waals surface area (Å²) in [5, 5.41) is 12.8. The second kappa shape index (κ2) is 8.25. The van der Waals surface area contributed by atoms with Gasteiger partial charge in [0, 0.05) is 17.1 Å². The van der Waals surface area contributed by atoms with Crippen LogP contribution in [-0.4, -0.2) is 17.5 Å². The zero-order valence-corrected chi connectivity index (χ0v) is 17.5. The number of cyclic esters (lactones) is 1. The molecule has 2 atom stereocenters. The van der Waals surface area contributed by atoms with Crippen molar-refractivity contribution in [1.29, 1.82) is 5.26 Å². The molecule has 0 saturated heterocycles. The fourth-order valence-corrected chi connectivity index (χ4v) is 4.02. The number of rotatable bonds is 4. The van der Waals surface area contributed by atoms with E-state index in [1.165, 1.54) is 0 Å². The maximum absolute atomic E-state index is 13.0. The maximum Gasteiger partial charge on any atom is 0.339 e. The Morgan fingerprint density at radius 1 is 1.13 bits per heavy atom. The number of carbonyl (C=O) groups is 2. The SMILES string of the molecule is CC1(C(=O)Nc2ccc(C(C#N)c3ccccc3)c(Cl)c2)Cc2ccccc2C(=O)O1. The molecule has 1 aliphatic heterocycles. The number of esters is 1. The molecule has 3 aromatic rings. The van der Waals surface area contributed by atoms with E-state index in [1.807, 2.05) is 42.5 Å². The Balaban J connectivity index is 1.55. The third-order valence-corrected chi connectivity index (χ3v) is 5.72. The normalized spacial score (nSPS) is 18.3. The molecule has 0 radical (unpaired) electrons. The van der Waals surface area contributed by atoms with Gasteiger partial charge in [0.25, 0.3) is 5.91 Å². The number of nitrogens with zero attached hydrogens (tertiary/aromatic N) is 1. The van der Waals surface area contributed by atoms with Crippen molar-refractivity contribution in [3.8, 4) is 6.07 Å². The summed E-state index contributed by atoms with van der Waals surface area (Å²) >= 11 is 6.46. The first-order chi connectivity index (χ1) is 14.9. The minimum Gasteiger partial charge on any atom is -0.445 e. The van der Waals surface area contributed by atoms with Crippen molar-refractivity contribution < 1.29 is 14.3 Å². The average molecular weight is 431 g/mol. The third kappa shape index (κ3) is 4.03. The van der Waals surface area contributed by atoms with Crippen LogP contribution < -0.4 is 5.32 Å². The summed E-state index contributed by atoms with van der Waals surface area (Å²) in [6.07, 6.45) is 0.275. The lowest BCUT2D eigenvalue weighted by Crippen LogP contribution is -2.48. The van der Waals surface area contributed by atoms with E-state index in [-0.39, 0.29) is 6.42 Å². The first-order valence-electron chi connectivity index (χ1n) is 9.78. The molecule has 154 valence electrons. The highest BCUT2D eigenvalue weighted by atomic mass is 35.5. The standard InChI is InChI=1S/C25H19ClN2O3/c1-25(14-17-9-5-6-10-19(17)23(29)31-25)24(30)28-18-11-12-20(22(26)13-18)21(15-27)16-7-3-2-4-8-16/h2-13,21H,14H2,1H3,(H,28,30). The molecule has 1 amide bonds. The summed E-state index contributed by atoms with van der Waals surface area (Å²) in [7, 11) is 0. The van der Waals surface area contributed by atoms with Crippen molar-refractivity contribution in [3.63, 3.8) is 0 Å². The predicted octanol–water partition coefficient (Wildman–Crippen LogP) is 5.11. The van der Waals surface area contributed by atoms with Gasteiger partial charge in [0.1, 0.15) is 0 Å². The molecule has 5 nitrogen and oxygen atoms in total. The van der Waals surface area contributed by atoms with Crippen LogP contribution in [0.5, 0.6) is 0 Å². The lowest BCUT2D eigenvalue weighted by molar-refractivity contribution is -0.134. The molecule has 0 spiro atoms. The van der Waals surface area contributed by atoms with Gasteiger partial charge in [-0.3, -0.25) is 4.79 Å². The van der Waals surface area contributed by atoms with Gasteiger partial charge in [0.2, 0.25) is 0 Å². The summed E-state index contributed by atoms with van der Waals surface area (Å²) in [6, 6.07) is 23.7. The predicted molar refractivity (Wildman–Crippen MR) is 118 cm³/mol. The fraction of sp³-hybridized carbons (Fsp3) is 0.160. The minimum atomic E-state index is -1.34. The number of ether oxygens (including phenoxy) is 1. The van der Waals surface area contributed by atoms with Gasteiger partial charge in [-0.2, -0.15) is 5.26 Å². The summed E-state index contributed by atoms with van der Waals surface area (Å²) in [5.41, 5.74) is 1.85. The number of benzene rings is 3. The van der Waals surface area contributed by atoms with Crippen LogP contribution in [0.1, 0.15) is 39.9 Å². The van der Waals surface area contributed by atoms with Gasteiger partial charge in [0.05, 0.1) is 17.6 Å². The first-order valence-corrected chi connectivity index (χ1v) is 10.2. The lowest BCUT2D eigenvalue weighted by atomic mass is 9.89. The largest absolute Gasteiger partial charge is 0.445 e. The summed E-state index contributed by atoms with van der Waals surface area (Å²) < 4.78 is 5.47. The van der Waals surface area contributed by atoms with E-state index in [4.69, 9.17) is 16.3 Å². The van der Waals surface area contributed by atoms with E-state index >= 15 is 0 Å². The molecule has 4 rings (SSSR count). The van der Waals surface area contributed by atoms with E-state index < -0.39 is 23.4 Å². The number of hydrogen-bond acceptors (Lipinski definition) is 4.